The predicted molar refractivity (Wildman–Crippen MR) is 113 cm³/mol. The van der Waals surface area contributed by atoms with Crippen LogP contribution in [-0.2, 0) is 4.79 Å². The topological polar surface area (TPSA) is 108 Å². The van der Waals surface area contributed by atoms with Gasteiger partial charge in [-0.2, -0.15) is 0 Å². The first-order valence-electron chi connectivity index (χ1n) is 9.65. The molecule has 0 spiro atoms. The summed E-state index contributed by atoms with van der Waals surface area (Å²) >= 11 is 0. The molecular weight excluding hydrogens is 392 g/mol. The van der Waals surface area contributed by atoms with Crippen LogP contribution in [0.25, 0.3) is 0 Å². The number of rotatable bonds is 7. The molecule has 3 rings (SSSR count). The van der Waals surface area contributed by atoms with E-state index in [9.17, 15) is 14.4 Å². The van der Waals surface area contributed by atoms with Crippen LogP contribution < -0.4 is 11.1 Å². The molecule has 0 bridgehead atoms. The van der Waals surface area contributed by atoms with Crippen LogP contribution in [0.5, 0.6) is 0 Å². The first-order valence-corrected chi connectivity index (χ1v) is 9.65. The lowest BCUT2D eigenvalue weighted by atomic mass is 9.99. The second kappa shape index (κ2) is 10.8. The van der Waals surface area contributed by atoms with Gasteiger partial charge in [-0.05, 0) is 37.5 Å². The second-order valence-electron chi connectivity index (χ2n) is 7.00. The summed E-state index contributed by atoms with van der Waals surface area (Å²) < 4.78 is 0. The summed E-state index contributed by atoms with van der Waals surface area (Å²) in [6.07, 6.45) is 6.48. The number of ketones is 1. The number of carbonyl (C=O) groups excluding carboxylic acids is 3. The van der Waals surface area contributed by atoms with E-state index < -0.39 is 0 Å². The van der Waals surface area contributed by atoms with E-state index in [0.717, 1.165) is 19.3 Å². The monoisotopic (exact) mass is 418 g/mol. The predicted octanol–water partition coefficient (Wildman–Crippen LogP) is 2.13. The zero-order valence-electron chi connectivity index (χ0n) is 16.2. The van der Waals surface area contributed by atoms with Gasteiger partial charge in [0, 0.05) is 61.2 Å². The Morgan fingerprint density at radius 3 is 2.45 bits per heavy atom. The largest absolute Gasteiger partial charge is 0.367 e. The maximum absolute atomic E-state index is 13.0. The minimum Gasteiger partial charge on any atom is -0.367 e. The summed E-state index contributed by atoms with van der Waals surface area (Å²) in [5.41, 5.74) is 7.08. The standard InChI is InChI=1S/C21H26N4O3.ClH/c22-10-8-19(26)24-14-18-3-1-2-12-25(18)21(28)16-6-4-15(5-7-16)20(27)17-9-11-23-13-17;/h4-7,9,11,13,18,23H,1-3,8,10,12,14,22H2,(H,24,26);1H. The lowest BCUT2D eigenvalue weighted by Gasteiger charge is -2.36. The molecule has 0 radical (unpaired) electrons. The van der Waals surface area contributed by atoms with Crippen molar-refractivity contribution in [2.45, 2.75) is 31.7 Å². The average molecular weight is 419 g/mol. The Hall–Kier alpha value is -2.64. The molecule has 7 nitrogen and oxygen atoms in total. The van der Waals surface area contributed by atoms with Crippen molar-refractivity contribution in [2.75, 3.05) is 19.6 Å². The third kappa shape index (κ3) is 5.68. The molecular formula is C21H27ClN4O3. The molecule has 1 atom stereocenters. The van der Waals surface area contributed by atoms with Crippen LogP contribution in [0.1, 0.15) is 52.0 Å². The number of nitrogens with one attached hydrogen (secondary N) is 2. The van der Waals surface area contributed by atoms with Crippen molar-refractivity contribution in [3.05, 3.63) is 59.4 Å². The first kappa shape index (κ1) is 22.6. The van der Waals surface area contributed by atoms with Gasteiger partial charge in [-0.1, -0.05) is 12.1 Å². The molecule has 4 N–H and O–H groups in total. The number of benzene rings is 1. The number of halogens is 1. The van der Waals surface area contributed by atoms with Crippen molar-refractivity contribution in [1.29, 1.82) is 0 Å². The van der Waals surface area contributed by atoms with Gasteiger partial charge in [0.25, 0.3) is 5.91 Å². The van der Waals surface area contributed by atoms with E-state index in [4.69, 9.17) is 5.73 Å². The quantitative estimate of drug-likeness (QED) is 0.598. The zero-order valence-corrected chi connectivity index (χ0v) is 17.0. The van der Waals surface area contributed by atoms with Crippen molar-refractivity contribution < 1.29 is 14.4 Å². The van der Waals surface area contributed by atoms with Gasteiger partial charge in [-0.3, -0.25) is 14.4 Å². The Morgan fingerprint density at radius 1 is 1.07 bits per heavy atom. The highest BCUT2D eigenvalue weighted by Gasteiger charge is 2.27. The molecule has 156 valence electrons. The number of nitrogens with zero attached hydrogens (tertiary/aromatic N) is 1. The molecule has 1 unspecified atom stereocenters. The molecule has 1 fully saturated rings. The summed E-state index contributed by atoms with van der Waals surface area (Å²) in [5, 5.41) is 2.87. The molecule has 8 heteroatoms. The van der Waals surface area contributed by atoms with E-state index in [0.29, 0.717) is 36.3 Å². The number of hydrogen-bond donors (Lipinski definition) is 3. The third-order valence-corrected chi connectivity index (χ3v) is 5.05. The smallest absolute Gasteiger partial charge is 0.254 e. The van der Waals surface area contributed by atoms with E-state index in [-0.39, 0.29) is 42.5 Å². The second-order valence-corrected chi connectivity index (χ2v) is 7.00. The number of hydrogen-bond acceptors (Lipinski definition) is 4. The lowest BCUT2D eigenvalue weighted by molar-refractivity contribution is -0.121. The minimum atomic E-state index is -0.0897. The fourth-order valence-electron chi connectivity index (χ4n) is 3.49. The number of likely N-dealkylation sites (tertiary alicyclic amines) is 1. The fourth-order valence-corrected chi connectivity index (χ4v) is 3.49. The highest BCUT2D eigenvalue weighted by Crippen LogP contribution is 2.20. The van der Waals surface area contributed by atoms with Crippen LogP contribution >= 0.6 is 12.4 Å². The number of aromatic nitrogens is 1. The minimum absolute atomic E-state index is 0. The summed E-state index contributed by atoms with van der Waals surface area (Å²) in [6.45, 7) is 1.42. The Balaban J connectivity index is 0.00000300. The van der Waals surface area contributed by atoms with Crippen molar-refractivity contribution in [2.24, 2.45) is 5.73 Å². The van der Waals surface area contributed by atoms with Gasteiger partial charge in [0.2, 0.25) is 5.91 Å². The molecule has 2 aromatic rings. The highest BCUT2D eigenvalue weighted by molar-refractivity contribution is 6.09. The van der Waals surface area contributed by atoms with Crippen LogP contribution in [0.4, 0.5) is 0 Å². The van der Waals surface area contributed by atoms with Gasteiger partial charge in [0.05, 0.1) is 0 Å². The van der Waals surface area contributed by atoms with Crippen LogP contribution in [0, 0.1) is 0 Å². The van der Waals surface area contributed by atoms with E-state index in [1.165, 1.54) is 0 Å². The third-order valence-electron chi connectivity index (χ3n) is 5.05. The van der Waals surface area contributed by atoms with Crippen LogP contribution in [-0.4, -0.2) is 53.2 Å². The number of carbonyl (C=O) groups is 3. The summed E-state index contributed by atoms with van der Waals surface area (Å²) in [7, 11) is 0. The summed E-state index contributed by atoms with van der Waals surface area (Å²) in [5.74, 6) is -0.245. The van der Waals surface area contributed by atoms with Crippen LogP contribution in [0.2, 0.25) is 0 Å². The average Bonchev–Trinajstić information content (AvgIpc) is 3.27. The van der Waals surface area contributed by atoms with Gasteiger partial charge in [0.15, 0.2) is 5.78 Å². The maximum atomic E-state index is 13.0. The number of nitrogens with two attached hydrogens (primary N) is 1. The maximum Gasteiger partial charge on any atom is 0.254 e. The number of piperidine rings is 1. The lowest BCUT2D eigenvalue weighted by Crippen LogP contribution is -2.49. The molecule has 2 heterocycles. The number of amides is 2. The Morgan fingerprint density at radius 2 is 1.79 bits per heavy atom. The van der Waals surface area contributed by atoms with Gasteiger partial charge < -0.3 is 20.9 Å². The first-order chi connectivity index (χ1) is 13.6. The number of aromatic amines is 1. The highest BCUT2D eigenvalue weighted by atomic mass is 35.5. The zero-order chi connectivity index (χ0) is 19.9. The van der Waals surface area contributed by atoms with Crippen molar-refractivity contribution in [1.82, 2.24) is 15.2 Å². The summed E-state index contributed by atoms with van der Waals surface area (Å²) in [4.78, 5) is 41.8. The fraction of sp³-hybridized carbons (Fsp3) is 0.381. The molecule has 1 saturated heterocycles. The van der Waals surface area contributed by atoms with Gasteiger partial charge in [0.1, 0.15) is 0 Å². The molecule has 1 aromatic carbocycles. The Labute approximate surface area is 176 Å². The molecule has 0 aliphatic carbocycles. The van der Waals surface area contributed by atoms with Gasteiger partial charge in [-0.25, -0.2) is 0 Å². The van der Waals surface area contributed by atoms with Gasteiger partial charge in [-0.15, -0.1) is 12.4 Å². The van der Waals surface area contributed by atoms with Crippen LogP contribution in [0.15, 0.2) is 42.7 Å². The molecule has 2 amide bonds. The van der Waals surface area contributed by atoms with E-state index in [2.05, 4.69) is 10.3 Å². The van der Waals surface area contributed by atoms with Crippen molar-refractivity contribution >= 4 is 30.0 Å². The van der Waals surface area contributed by atoms with Crippen molar-refractivity contribution in [3.8, 4) is 0 Å². The van der Waals surface area contributed by atoms with Gasteiger partial charge >= 0.3 is 0 Å². The molecule has 1 aliphatic heterocycles. The normalized spacial score (nSPS) is 16.0. The van der Waals surface area contributed by atoms with Crippen molar-refractivity contribution in [3.63, 3.8) is 0 Å². The Bertz CT molecular complexity index is 821. The van der Waals surface area contributed by atoms with E-state index in [1.54, 1.807) is 42.7 Å². The van der Waals surface area contributed by atoms with E-state index in [1.807, 2.05) is 4.90 Å². The Kier molecular flexibility index (Phi) is 8.42. The SMILES string of the molecule is Cl.NCCC(=O)NCC1CCCCN1C(=O)c1ccc(C(=O)c2cc[nH]c2)cc1. The number of H-pyrrole nitrogens is 1. The van der Waals surface area contributed by atoms with E-state index >= 15 is 0 Å². The summed E-state index contributed by atoms with van der Waals surface area (Å²) in [6, 6.07) is 8.46. The molecule has 1 aliphatic rings. The molecule has 0 saturated carbocycles. The molecule has 29 heavy (non-hydrogen) atoms. The van der Waals surface area contributed by atoms with Crippen LogP contribution in [0.3, 0.4) is 0 Å². The molecule has 1 aromatic heterocycles.